The molecule has 0 fully saturated rings. The van der Waals surface area contributed by atoms with E-state index >= 15 is 0 Å². The first-order valence-corrected chi connectivity index (χ1v) is 13.8. The van der Waals surface area contributed by atoms with Gasteiger partial charge >= 0.3 is 0 Å². The van der Waals surface area contributed by atoms with E-state index in [0.717, 1.165) is 33.4 Å². The largest absolute Gasteiger partial charge is 0.483 e. The van der Waals surface area contributed by atoms with E-state index in [-0.39, 0.29) is 12.0 Å². The smallest absolute Gasteiger partial charge is 0.164 e. The van der Waals surface area contributed by atoms with Crippen molar-refractivity contribution in [1.82, 2.24) is 15.0 Å². The first-order valence-electron chi connectivity index (χ1n) is 13.8. The third kappa shape index (κ3) is 3.29. The van der Waals surface area contributed by atoms with Crippen LogP contribution in [0, 0.1) is 0 Å². The van der Waals surface area contributed by atoms with Gasteiger partial charge in [-0.2, -0.15) is 0 Å². The average Bonchev–Trinajstić information content (AvgIpc) is 3.59. The fourth-order valence-corrected chi connectivity index (χ4v) is 6.51. The zero-order valence-corrected chi connectivity index (χ0v) is 21.9. The van der Waals surface area contributed by atoms with Crippen molar-refractivity contribution in [3.63, 3.8) is 0 Å². The number of aromatic nitrogens is 3. The lowest BCUT2D eigenvalue weighted by molar-refractivity contribution is 0.292. The second-order valence-electron chi connectivity index (χ2n) is 10.6. The molecule has 3 heterocycles. The third-order valence-corrected chi connectivity index (χ3v) is 8.33. The summed E-state index contributed by atoms with van der Waals surface area (Å²) >= 11 is 0. The number of benzene rings is 5. The Morgan fingerprint density at radius 2 is 1.20 bits per heavy atom. The van der Waals surface area contributed by atoms with E-state index in [1.54, 1.807) is 0 Å². The second kappa shape index (κ2) is 8.54. The van der Waals surface area contributed by atoms with Crippen LogP contribution in [0.5, 0.6) is 5.75 Å². The Morgan fingerprint density at radius 1 is 0.537 bits per heavy atom. The van der Waals surface area contributed by atoms with Crippen LogP contribution in [-0.2, 0) is 0 Å². The highest BCUT2D eigenvalue weighted by atomic mass is 16.5. The summed E-state index contributed by atoms with van der Waals surface area (Å²) in [5.41, 5.74) is 9.02. The van der Waals surface area contributed by atoms with E-state index < -0.39 is 0 Å². The second-order valence-corrected chi connectivity index (χ2v) is 10.6. The van der Waals surface area contributed by atoms with Gasteiger partial charge in [0.05, 0.1) is 5.92 Å². The van der Waals surface area contributed by atoms with E-state index in [2.05, 4.69) is 71.7 Å². The molecule has 2 unspecified atom stereocenters. The molecule has 0 N–H and O–H groups in total. The van der Waals surface area contributed by atoms with Gasteiger partial charge in [-0.05, 0) is 45.2 Å². The van der Waals surface area contributed by atoms with Gasteiger partial charge in [0.25, 0.3) is 0 Å². The molecule has 0 amide bonds. The van der Waals surface area contributed by atoms with Crippen molar-refractivity contribution in [2.24, 2.45) is 4.99 Å². The minimum Gasteiger partial charge on any atom is -0.483 e. The van der Waals surface area contributed by atoms with Crippen molar-refractivity contribution in [1.29, 1.82) is 0 Å². The summed E-state index contributed by atoms with van der Waals surface area (Å²) in [6.45, 7) is 0. The average molecular weight is 527 g/mol. The molecule has 9 rings (SSSR count). The van der Waals surface area contributed by atoms with E-state index in [4.69, 9.17) is 19.7 Å². The molecule has 3 aliphatic rings. The minimum atomic E-state index is -0.121. The summed E-state index contributed by atoms with van der Waals surface area (Å²) in [6.07, 6.45) is 5.69. The quantitative estimate of drug-likeness (QED) is 0.233. The third-order valence-electron chi connectivity index (χ3n) is 8.33. The fraction of sp³-hybridized carbons (Fsp3) is 0.0556. The molecule has 0 spiro atoms. The number of rotatable bonds is 3. The molecule has 6 aromatic rings. The molecule has 2 aliphatic heterocycles. The van der Waals surface area contributed by atoms with Gasteiger partial charge in [0, 0.05) is 34.7 Å². The molecule has 41 heavy (non-hydrogen) atoms. The van der Waals surface area contributed by atoms with Crippen LogP contribution in [0.4, 0.5) is 0 Å². The molecule has 2 atom stereocenters. The number of aliphatic imine (C=N–C) groups is 1. The molecule has 0 radical (unpaired) electrons. The summed E-state index contributed by atoms with van der Waals surface area (Å²) in [6, 6.07) is 35.7. The maximum Gasteiger partial charge on any atom is 0.164 e. The molecule has 5 nitrogen and oxygen atoms in total. The lowest BCUT2D eigenvalue weighted by Crippen LogP contribution is -2.20. The Labute approximate surface area is 236 Å². The molecule has 1 aliphatic carbocycles. The van der Waals surface area contributed by atoms with E-state index in [1.807, 2.05) is 54.9 Å². The van der Waals surface area contributed by atoms with Crippen LogP contribution in [0.3, 0.4) is 0 Å². The van der Waals surface area contributed by atoms with Crippen molar-refractivity contribution in [3.8, 4) is 62.2 Å². The van der Waals surface area contributed by atoms with Crippen LogP contribution >= 0.6 is 0 Å². The predicted molar refractivity (Wildman–Crippen MR) is 163 cm³/mol. The van der Waals surface area contributed by atoms with Gasteiger partial charge in [-0.1, -0.05) is 97.1 Å². The fourth-order valence-electron chi connectivity index (χ4n) is 6.51. The van der Waals surface area contributed by atoms with Gasteiger partial charge in [0.15, 0.2) is 17.5 Å². The lowest BCUT2D eigenvalue weighted by atomic mass is 9.90. The first kappa shape index (κ1) is 22.4. The maximum absolute atomic E-state index is 6.25. The summed E-state index contributed by atoms with van der Waals surface area (Å²) < 4.78 is 6.25. The van der Waals surface area contributed by atoms with E-state index in [0.29, 0.717) is 17.5 Å². The topological polar surface area (TPSA) is 60.3 Å². The molecule has 0 saturated carbocycles. The van der Waals surface area contributed by atoms with Crippen LogP contribution in [0.25, 0.3) is 67.2 Å². The molecule has 0 bridgehead atoms. The van der Waals surface area contributed by atoms with Crippen LogP contribution in [0.2, 0.25) is 0 Å². The highest BCUT2D eigenvalue weighted by molar-refractivity contribution is 6.18. The molecule has 0 saturated heterocycles. The van der Waals surface area contributed by atoms with E-state index in [1.165, 1.54) is 27.6 Å². The van der Waals surface area contributed by atoms with Crippen molar-refractivity contribution in [2.45, 2.75) is 12.0 Å². The van der Waals surface area contributed by atoms with Gasteiger partial charge in [-0.25, -0.2) is 15.0 Å². The number of ether oxygens (including phenoxy) is 1. The Bertz CT molecular complexity index is 2070. The lowest BCUT2D eigenvalue weighted by Gasteiger charge is -2.16. The molecule has 5 heteroatoms. The predicted octanol–water partition coefficient (Wildman–Crippen LogP) is 8.12. The minimum absolute atomic E-state index is 0.0642. The Morgan fingerprint density at radius 3 is 2.05 bits per heavy atom. The van der Waals surface area contributed by atoms with Crippen molar-refractivity contribution >= 4 is 17.0 Å². The number of hydrogen-bond acceptors (Lipinski definition) is 5. The van der Waals surface area contributed by atoms with Crippen LogP contribution in [-0.4, -0.2) is 27.3 Å². The van der Waals surface area contributed by atoms with E-state index in [9.17, 15) is 0 Å². The van der Waals surface area contributed by atoms with Gasteiger partial charge < -0.3 is 4.74 Å². The summed E-state index contributed by atoms with van der Waals surface area (Å²) in [4.78, 5) is 19.6. The molecular formula is C36H22N4O. The number of fused-ring (bicyclic) bond motifs is 6. The van der Waals surface area contributed by atoms with Crippen molar-refractivity contribution < 1.29 is 4.74 Å². The van der Waals surface area contributed by atoms with Crippen LogP contribution in [0.1, 0.15) is 11.5 Å². The molecular weight excluding hydrogens is 504 g/mol. The monoisotopic (exact) mass is 526 g/mol. The highest BCUT2D eigenvalue weighted by Gasteiger charge is 2.36. The van der Waals surface area contributed by atoms with Gasteiger partial charge in [0.2, 0.25) is 0 Å². The molecule has 5 aromatic carbocycles. The zero-order chi connectivity index (χ0) is 26.9. The molecule has 192 valence electrons. The van der Waals surface area contributed by atoms with Crippen molar-refractivity contribution in [2.75, 3.05) is 0 Å². The SMILES string of the molecule is C1=CC2c3c(cccc3-c3nc(-c4ccccc4)nc(-c4ccc5c6c(cccc46)-c4ccccc4-5)n3)OC2C=N1. The molecule has 1 aromatic heterocycles. The number of hydrogen-bond donors (Lipinski definition) is 0. The van der Waals surface area contributed by atoms with Gasteiger partial charge in [0.1, 0.15) is 11.9 Å². The summed E-state index contributed by atoms with van der Waals surface area (Å²) in [5.74, 6) is 2.85. The maximum atomic E-state index is 6.25. The highest BCUT2D eigenvalue weighted by Crippen LogP contribution is 2.49. The standard InChI is InChI=1S/C36H22N4O/c1-2-8-21(9-3-1)34-38-35(27-17-16-26-23-11-5-4-10-22(23)24-12-6-13-25(27)32(24)26)40-36(39-34)29-14-7-15-30-33(29)28-18-19-37-20-31(28)41-30/h1-20,28,31H. The van der Waals surface area contributed by atoms with Gasteiger partial charge in [-0.3, -0.25) is 4.99 Å². The Hall–Kier alpha value is -5.42. The van der Waals surface area contributed by atoms with Crippen LogP contribution < -0.4 is 4.74 Å². The normalized spacial score (nSPS) is 17.3. The van der Waals surface area contributed by atoms with Crippen molar-refractivity contribution in [3.05, 3.63) is 121 Å². The first-order chi connectivity index (χ1) is 20.3. The van der Waals surface area contributed by atoms with Crippen LogP contribution in [0.15, 0.2) is 120 Å². The number of nitrogens with zero attached hydrogens (tertiary/aromatic N) is 4. The summed E-state index contributed by atoms with van der Waals surface area (Å²) in [5, 5.41) is 2.39. The van der Waals surface area contributed by atoms with Gasteiger partial charge in [-0.15, -0.1) is 0 Å². The Kier molecular flexibility index (Phi) is 4.66. The zero-order valence-electron chi connectivity index (χ0n) is 21.9. The summed E-state index contributed by atoms with van der Waals surface area (Å²) in [7, 11) is 0. The Balaban J connectivity index is 1.29.